The molecule has 2 rings (SSSR count). The molecule has 0 aromatic heterocycles. The molecule has 84 valence electrons. The molecule has 1 aromatic carbocycles. The molecule has 0 saturated carbocycles. The van der Waals surface area contributed by atoms with Gasteiger partial charge in [-0.15, -0.1) is 0 Å². The van der Waals surface area contributed by atoms with Crippen LogP contribution in [0.3, 0.4) is 0 Å². The van der Waals surface area contributed by atoms with Crippen LogP contribution in [0.15, 0.2) is 34.8 Å². The number of hydrogen-bond acceptors (Lipinski definition) is 5. The normalized spacial score (nSPS) is 15.6. The maximum atomic E-state index is 11.1. The average Bonchev–Trinajstić information content (AvgIpc) is 2.69. The SMILES string of the molecule is N#CC(C(N)=O)=C1N=C(NN)c2ccccc21. The van der Waals surface area contributed by atoms with Gasteiger partial charge in [-0.1, -0.05) is 24.3 Å². The number of nitrogens with two attached hydrogens (primary N) is 2. The third-order valence-corrected chi connectivity index (χ3v) is 2.39. The molecule has 1 heterocycles. The zero-order chi connectivity index (χ0) is 12.4. The molecule has 1 aliphatic heterocycles. The van der Waals surface area contributed by atoms with Gasteiger partial charge in [0.05, 0.1) is 5.70 Å². The average molecular weight is 227 g/mol. The van der Waals surface area contributed by atoms with Gasteiger partial charge in [-0.2, -0.15) is 5.26 Å². The monoisotopic (exact) mass is 227 g/mol. The van der Waals surface area contributed by atoms with Crippen LogP contribution in [-0.2, 0) is 4.79 Å². The van der Waals surface area contributed by atoms with Gasteiger partial charge < -0.3 is 11.2 Å². The number of rotatable bonds is 1. The van der Waals surface area contributed by atoms with Crippen LogP contribution in [0, 0.1) is 11.3 Å². The number of primary amides is 1. The number of hydrazine groups is 1. The lowest BCUT2D eigenvalue weighted by atomic mass is 10.0. The van der Waals surface area contributed by atoms with E-state index in [9.17, 15) is 4.79 Å². The second-order valence-corrected chi connectivity index (χ2v) is 3.35. The maximum absolute atomic E-state index is 11.1. The Morgan fingerprint density at radius 1 is 1.35 bits per heavy atom. The van der Waals surface area contributed by atoms with E-state index in [1.165, 1.54) is 0 Å². The summed E-state index contributed by atoms with van der Waals surface area (Å²) in [7, 11) is 0. The smallest absolute Gasteiger partial charge is 0.261 e. The third-order valence-electron chi connectivity index (χ3n) is 2.39. The van der Waals surface area contributed by atoms with E-state index in [0.29, 0.717) is 11.4 Å². The van der Waals surface area contributed by atoms with Gasteiger partial charge in [-0.05, 0) is 0 Å². The highest BCUT2D eigenvalue weighted by Crippen LogP contribution is 2.29. The van der Waals surface area contributed by atoms with Crippen molar-refractivity contribution in [3.63, 3.8) is 0 Å². The molecule has 0 fully saturated rings. The molecule has 0 aliphatic carbocycles. The van der Waals surface area contributed by atoms with Gasteiger partial charge in [0, 0.05) is 11.1 Å². The zero-order valence-electron chi connectivity index (χ0n) is 8.77. The van der Waals surface area contributed by atoms with Crippen molar-refractivity contribution in [2.75, 3.05) is 0 Å². The van der Waals surface area contributed by atoms with Crippen LogP contribution >= 0.6 is 0 Å². The number of hydrogen-bond donors (Lipinski definition) is 3. The van der Waals surface area contributed by atoms with Crippen LogP contribution < -0.4 is 17.0 Å². The van der Waals surface area contributed by atoms with Crippen molar-refractivity contribution in [2.24, 2.45) is 16.6 Å². The van der Waals surface area contributed by atoms with Gasteiger partial charge in [0.15, 0.2) is 0 Å². The molecule has 0 unspecified atom stereocenters. The Hall–Kier alpha value is -2.65. The Balaban J connectivity index is 2.72. The van der Waals surface area contributed by atoms with Crippen LogP contribution in [0.1, 0.15) is 11.1 Å². The molecule has 0 saturated heterocycles. The number of amides is 1. The van der Waals surface area contributed by atoms with Crippen molar-refractivity contribution in [3.05, 3.63) is 41.0 Å². The summed E-state index contributed by atoms with van der Waals surface area (Å²) in [6, 6.07) is 8.89. The lowest BCUT2D eigenvalue weighted by Gasteiger charge is -2.01. The van der Waals surface area contributed by atoms with Gasteiger partial charge in [0.2, 0.25) is 0 Å². The summed E-state index contributed by atoms with van der Waals surface area (Å²) in [4.78, 5) is 15.2. The zero-order valence-corrected chi connectivity index (χ0v) is 8.77. The molecule has 6 nitrogen and oxygen atoms in total. The topological polar surface area (TPSA) is 117 Å². The minimum Gasteiger partial charge on any atom is -0.365 e. The van der Waals surface area contributed by atoms with Crippen molar-refractivity contribution in [2.45, 2.75) is 0 Å². The number of benzene rings is 1. The number of aliphatic imine (C=N–C) groups is 1. The lowest BCUT2D eigenvalue weighted by Crippen LogP contribution is -2.29. The molecule has 0 spiro atoms. The van der Waals surface area contributed by atoms with Crippen LogP contribution in [0.4, 0.5) is 0 Å². The van der Waals surface area contributed by atoms with Crippen molar-refractivity contribution in [3.8, 4) is 6.07 Å². The minimum absolute atomic E-state index is 0.178. The fourth-order valence-corrected chi connectivity index (χ4v) is 1.65. The molecule has 0 atom stereocenters. The molecule has 1 amide bonds. The second-order valence-electron chi connectivity index (χ2n) is 3.35. The molecule has 1 aliphatic rings. The molecule has 0 bridgehead atoms. The van der Waals surface area contributed by atoms with E-state index in [-0.39, 0.29) is 11.3 Å². The summed E-state index contributed by atoms with van der Waals surface area (Å²) in [5, 5.41) is 8.91. The largest absolute Gasteiger partial charge is 0.365 e. The number of nitrogens with one attached hydrogen (secondary N) is 1. The van der Waals surface area contributed by atoms with Gasteiger partial charge in [0.1, 0.15) is 17.5 Å². The van der Waals surface area contributed by atoms with Crippen molar-refractivity contribution < 1.29 is 4.79 Å². The van der Waals surface area contributed by atoms with Crippen molar-refractivity contribution in [1.29, 1.82) is 5.26 Å². The molecular weight excluding hydrogens is 218 g/mol. The first-order chi connectivity index (χ1) is 8.19. The first-order valence-corrected chi connectivity index (χ1v) is 4.78. The van der Waals surface area contributed by atoms with E-state index in [1.807, 2.05) is 6.07 Å². The third kappa shape index (κ3) is 1.64. The number of nitriles is 1. The lowest BCUT2D eigenvalue weighted by molar-refractivity contribution is -0.114. The summed E-state index contributed by atoms with van der Waals surface area (Å²) in [5.41, 5.74) is 9.03. The van der Waals surface area contributed by atoms with Gasteiger partial charge in [-0.25, -0.2) is 10.8 Å². The first-order valence-electron chi connectivity index (χ1n) is 4.78. The fourth-order valence-electron chi connectivity index (χ4n) is 1.65. The summed E-state index contributed by atoms with van der Waals surface area (Å²) < 4.78 is 0. The highest BCUT2D eigenvalue weighted by atomic mass is 16.1. The van der Waals surface area contributed by atoms with E-state index in [1.54, 1.807) is 24.3 Å². The molecule has 5 N–H and O–H groups in total. The Labute approximate surface area is 97.2 Å². The van der Waals surface area contributed by atoms with Gasteiger partial charge in [-0.3, -0.25) is 4.79 Å². The quantitative estimate of drug-likeness (QED) is 0.262. The number of carbonyl (C=O) groups is 1. The molecule has 1 aromatic rings. The van der Waals surface area contributed by atoms with Gasteiger partial charge >= 0.3 is 0 Å². The predicted molar refractivity (Wildman–Crippen MR) is 62.0 cm³/mol. The Bertz CT molecular complexity index is 594. The van der Waals surface area contributed by atoms with E-state index in [0.717, 1.165) is 5.56 Å². The van der Waals surface area contributed by atoms with Crippen LogP contribution in [0.5, 0.6) is 0 Å². The second kappa shape index (κ2) is 4.08. The number of amidine groups is 1. The fraction of sp³-hybridized carbons (Fsp3) is 0. The number of fused-ring (bicyclic) bond motifs is 1. The summed E-state index contributed by atoms with van der Waals surface area (Å²) >= 11 is 0. The van der Waals surface area contributed by atoms with Crippen molar-refractivity contribution >= 4 is 17.4 Å². The van der Waals surface area contributed by atoms with E-state index in [4.69, 9.17) is 16.8 Å². The van der Waals surface area contributed by atoms with Crippen LogP contribution in [0.25, 0.3) is 5.70 Å². The summed E-state index contributed by atoms with van der Waals surface area (Å²) in [6.07, 6.45) is 0. The maximum Gasteiger partial charge on any atom is 0.261 e. The van der Waals surface area contributed by atoms with E-state index in [2.05, 4.69) is 10.4 Å². The molecule has 6 heteroatoms. The van der Waals surface area contributed by atoms with Crippen LogP contribution in [0.2, 0.25) is 0 Å². The Morgan fingerprint density at radius 3 is 2.53 bits per heavy atom. The highest BCUT2D eigenvalue weighted by molar-refractivity contribution is 6.14. The standard InChI is InChI=1S/C11H9N5O/c12-5-8(10(13)17)9-6-3-1-2-4-7(6)11(15-9)16-14/h1-4H,14H2,(H2,13,17)(H,15,16). The number of carbonyl (C=O) groups excluding carboxylic acids is 1. The minimum atomic E-state index is -0.806. The van der Waals surface area contributed by atoms with Crippen molar-refractivity contribution in [1.82, 2.24) is 5.43 Å². The summed E-state index contributed by atoms with van der Waals surface area (Å²) in [5.74, 6) is 4.93. The van der Waals surface area contributed by atoms with E-state index < -0.39 is 5.91 Å². The molecule has 17 heavy (non-hydrogen) atoms. The molecule has 0 radical (unpaired) electrons. The number of nitrogens with zero attached hydrogens (tertiary/aromatic N) is 2. The summed E-state index contributed by atoms with van der Waals surface area (Å²) in [6.45, 7) is 0. The highest BCUT2D eigenvalue weighted by Gasteiger charge is 2.24. The Morgan fingerprint density at radius 2 is 2.00 bits per heavy atom. The molecular formula is C11H9N5O. The van der Waals surface area contributed by atoms with Gasteiger partial charge in [0.25, 0.3) is 5.91 Å². The Kier molecular flexibility index (Phi) is 2.60. The first kappa shape index (κ1) is 10.9. The predicted octanol–water partition coefficient (Wildman–Crippen LogP) is -0.370. The van der Waals surface area contributed by atoms with E-state index >= 15 is 0 Å². The van der Waals surface area contributed by atoms with Crippen LogP contribution in [-0.4, -0.2) is 11.7 Å².